The molecule has 0 unspecified atom stereocenters. The first kappa shape index (κ1) is 17.4. The van der Waals surface area contributed by atoms with Gasteiger partial charge in [-0.25, -0.2) is 9.37 Å². The van der Waals surface area contributed by atoms with Crippen molar-refractivity contribution in [3.63, 3.8) is 0 Å². The van der Waals surface area contributed by atoms with E-state index in [1.807, 2.05) is 18.2 Å². The van der Waals surface area contributed by atoms with Crippen LogP contribution < -0.4 is 5.32 Å². The van der Waals surface area contributed by atoms with Crippen LogP contribution in [0.5, 0.6) is 0 Å². The highest BCUT2D eigenvalue weighted by molar-refractivity contribution is 5.79. The van der Waals surface area contributed by atoms with Gasteiger partial charge in [-0.3, -0.25) is 9.78 Å². The number of hydrogen-bond donors (Lipinski definition) is 2. The van der Waals surface area contributed by atoms with E-state index in [4.69, 9.17) is 4.74 Å². The van der Waals surface area contributed by atoms with E-state index in [0.717, 1.165) is 6.42 Å². The molecule has 27 heavy (non-hydrogen) atoms. The average Bonchev–Trinajstić information content (AvgIpc) is 3.37. The molecule has 3 aromatic rings. The quantitative estimate of drug-likeness (QED) is 0.728. The Balaban J connectivity index is 1.62. The van der Waals surface area contributed by atoms with Crippen molar-refractivity contribution in [1.29, 1.82) is 0 Å². The highest BCUT2D eigenvalue weighted by atomic mass is 19.1. The zero-order valence-corrected chi connectivity index (χ0v) is 14.6. The number of H-pyrrole nitrogens is 1. The molecule has 1 aliphatic heterocycles. The van der Waals surface area contributed by atoms with Crippen LogP contribution in [0, 0.1) is 11.7 Å². The van der Waals surface area contributed by atoms with E-state index >= 15 is 0 Å². The molecular weight excluding hydrogens is 347 g/mol. The second-order valence-corrected chi connectivity index (χ2v) is 6.41. The number of halogens is 1. The van der Waals surface area contributed by atoms with Crippen LogP contribution in [0.25, 0.3) is 22.6 Å². The van der Waals surface area contributed by atoms with Gasteiger partial charge in [-0.2, -0.15) is 0 Å². The molecular formula is C20H19FN4O2. The molecule has 0 radical (unpaired) electrons. The fraction of sp³-hybridized carbons (Fsp3) is 0.250. The lowest BCUT2D eigenvalue weighted by molar-refractivity contribution is -0.125. The minimum absolute atomic E-state index is 0.0457. The largest absolute Gasteiger partial charge is 0.381 e. The van der Waals surface area contributed by atoms with E-state index in [9.17, 15) is 9.18 Å². The van der Waals surface area contributed by atoms with Gasteiger partial charge in [0.05, 0.1) is 36.2 Å². The molecule has 2 aromatic heterocycles. The van der Waals surface area contributed by atoms with E-state index < -0.39 is 0 Å². The summed E-state index contributed by atoms with van der Waals surface area (Å²) in [5.74, 6) is 0.0919. The van der Waals surface area contributed by atoms with Crippen molar-refractivity contribution in [2.75, 3.05) is 13.2 Å². The van der Waals surface area contributed by atoms with Gasteiger partial charge in [-0.15, -0.1) is 0 Å². The number of carbonyl (C=O) groups excluding carboxylic acids is 1. The number of aromatic nitrogens is 3. The van der Waals surface area contributed by atoms with Crippen LogP contribution in [0.4, 0.5) is 4.39 Å². The van der Waals surface area contributed by atoms with Crippen molar-refractivity contribution < 1.29 is 13.9 Å². The maximum Gasteiger partial charge on any atom is 0.225 e. The normalized spacial score (nSPS) is 16.4. The Kier molecular flexibility index (Phi) is 4.93. The number of pyridine rings is 1. The first-order chi connectivity index (χ1) is 13.2. The summed E-state index contributed by atoms with van der Waals surface area (Å²) in [6, 6.07) is 11.8. The van der Waals surface area contributed by atoms with E-state index in [1.165, 1.54) is 12.1 Å². The Morgan fingerprint density at radius 2 is 2.22 bits per heavy atom. The second kappa shape index (κ2) is 7.67. The van der Waals surface area contributed by atoms with Crippen LogP contribution in [0.15, 0.2) is 48.7 Å². The van der Waals surface area contributed by atoms with Gasteiger partial charge in [0, 0.05) is 18.4 Å². The fourth-order valence-corrected chi connectivity index (χ4v) is 3.10. The van der Waals surface area contributed by atoms with Gasteiger partial charge in [0.15, 0.2) is 0 Å². The molecule has 6 nitrogen and oxygen atoms in total. The van der Waals surface area contributed by atoms with Crippen molar-refractivity contribution in [2.24, 2.45) is 5.92 Å². The zero-order valence-electron chi connectivity index (χ0n) is 14.6. The molecule has 1 fully saturated rings. The van der Waals surface area contributed by atoms with Gasteiger partial charge in [0.1, 0.15) is 11.6 Å². The lowest BCUT2D eigenvalue weighted by atomic mass is 10.1. The third-order valence-corrected chi connectivity index (χ3v) is 4.50. The summed E-state index contributed by atoms with van der Waals surface area (Å²) in [7, 11) is 0. The van der Waals surface area contributed by atoms with E-state index in [2.05, 4.69) is 20.3 Å². The summed E-state index contributed by atoms with van der Waals surface area (Å²) in [5.41, 5.74) is 2.64. The minimum atomic E-state index is -0.335. The Morgan fingerprint density at radius 1 is 1.30 bits per heavy atom. The van der Waals surface area contributed by atoms with Crippen molar-refractivity contribution in [3.8, 4) is 22.6 Å². The van der Waals surface area contributed by atoms with Crippen molar-refractivity contribution in [2.45, 2.75) is 13.0 Å². The van der Waals surface area contributed by atoms with Crippen LogP contribution in [0.2, 0.25) is 0 Å². The number of rotatable bonds is 5. The van der Waals surface area contributed by atoms with Gasteiger partial charge < -0.3 is 15.0 Å². The highest BCUT2D eigenvalue weighted by Gasteiger charge is 2.23. The summed E-state index contributed by atoms with van der Waals surface area (Å²) in [6.07, 6.45) is 2.42. The predicted octanol–water partition coefficient (Wildman–Crippen LogP) is 2.93. The number of hydrogen-bond acceptors (Lipinski definition) is 4. The van der Waals surface area contributed by atoms with Crippen LogP contribution >= 0.6 is 0 Å². The first-order valence-corrected chi connectivity index (χ1v) is 8.82. The second-order valence-electron chi connectivity index (χ2n) is 6.41. The topological polar surface area (TPSA) is 79.9 Å². The Bertz CT molecular complexity index is 936. The summed E-state index contributed by atoms with van der Waals surface area (Å²) < 4.78 is 19.0. The standard InChI is InChI=1S/C20H19FN4O2/c21-15-5-3-4-13(10-15)18-19(16-6-1-2-8-22-16)25-17(24-18)11-23-20(26)14-7-9-27-12-14/h1-6,8,10,14H,7,9,11-12H2,(H,23,26)(H,24,25)/t14-/m1/s1. The van der Waals surface area contributed by atoms with E-state index in [1.54, 1.807) is 18.3 Å². The van der Waals surface area contributed by atoms with Crippen LogP contribution in [0.3, 0.4) is 0 Å². The molecule has 0 aliphatic carbocycles. The molecule has 1 saturated heterocycles. The van der Waals surface area contributed by atoms with Gasteiger partial charge in [0.25, 0.3) is 0 Å². The lowest BCUT2D eigenvalue weighted by Crippen LogP contribution is -2.30. The number of imidazole rings is 1. The van der Waals surface area contributed by atoms with Crippen molar-refractivity contribution in [3.05, 3.63) is 60.3 Å². The molecule has 1 atom stereocenters. The maximum absolute atomic E-state index is 13.7. The molecule has 7 heteroatoms. The summed E-state index contributed by atoms with van der Waals surface area (Å²) in [5, 5.41) is 2.89. The number of aromatic amines is 1. The first-order valence-electron chi connectivity index (χ1n) is 8.82. The molecule has 2 N–H and O–H groups in total. The number of ether oxygens (including phenoxy) is 1. The number of carbonyl (C=O) groups is 1. The van der Waals surface area contributed by atoms with E-state index in [0.29, 0.717) is 41.7 Å². The smallest absolute Gasteiger partial charge is 0.225 e. The minimum Gasteiger partial charge on any atom is -0.381 e. The SMILES string of the molecule is O=C(NCc1nc(-c2cccc(F)c2)c(-c2ccccn2)[nH]1)[C@@H]1CCOC1. The molecule has 3 heterocycles. The Hall–Kier alpha value is -3.06. The van der Waals surface area contributed by atoms with Gasteiger partial charge >= 0.3 is 0 Å². The van der Waals surface area contributed by atoms with Crippen molar-refractivity contribution in [1.82, 2.24) is 20.3 Å². The Labute approximate surface area is 155 Å². The number of nitrogens with zero attached hydrogens (tertiary/aromatic N) is 2. The molecule has 1 aromatic carbocycles. The highest BCUT2D eigenvalue weighted by Crippen LogP contribution is 2.29. The van der Waals surface area contributed by atoms with Crippen LogP contribution in [0.1, 0.15) is 12.2 Å². The van der Waals surface area contributed by atoms with Crippen LogP contribution in [-0.4, -0.2) is 34.1 Å². The van der Waals surface area contributed by atoms with Gasteiger partial charge in [-0.05, 0) is 30.7 Å². The number of benzene rings is 1. The lowest BCUT2D eigenvalue weighted by Gasteiger charge is -2.07. The number of amides is 1. The summed E-state index contributed by atoms with van der Waals surface area (Å²) >= 11 is 0. The third kappa shape index (κ3) is 3.88. The molecule has 0 spiro atoms. The van der Waals surface area contributed by atoms with Crippen LogP contribution in [-0.2, 0) is 16.1 Å². The zero-order chi connectivity index (χ0) is 18.6. The Morgan fingerprint density at radius 3 is 2.96 bits per heavy atom. The fourth-order valence-electron chi connectivity index (χ4n) is 3.10. The summed E-state index contributed by atoms with van der Waals surface area (Å²) in [6.45, 7) is 1.33. The monoisotopic (exact) mass is 366 g/mol. The van der Waals surface area contributed by atoms with Crippen molar-refractivity contribution >= 4 is 5.91 Å². The molecule has 4 rings (SSSR count). The molecule has 138 valence electrons. The third-order valence-electron chi connectivity index (χ3n) is 4.50. The molecule has 1 aliphatic rings. The molecule has 0 bridgehead atoms. The molecule has 0 saturated carbocycles. The van der Waals surface area contributed by atoms with Gasteiger partial charge in [0.2, 0.25) is 5.91 Å². The summed E-state index contributed by atoms with van der Waals surface area (Å²) in [4.78, 5) is 24.4. The molecule has 1 amide bonds. The van der Waals surface area contributed by atoms with E-state index in [-0.39, 0.29) is 24.2 Å². The van der Waals surface area contributed by atoms with Gasteiger partial charge in [-0.1, -0.05) is 18.2 Å². The predicted molar refractivity (Wildman–Crippen MR) is 98.0 cm³/mol. The number of nitrogens with one attached hydrogen (secondary N) is 2. The maximum atomic E-state index is 13.7. The average molecular weight is 366 g/mol.